The number of phosphoric acid groups is 2. The van der Waals surface area contributed by atoms with Crippen LogP contribution in [-0.2, 0) is 61.1 Å². The van der Waals surface area contributed by atoms with Crippen LogP contribution in [0.5, 0.6) is 11.5 Å². The molecule has 20 nitrogen and oxygen atoms in total. The molecule has 1 aliphatic heterocycles. The predicted octanol–water partition coefficient (Wildman–Crippen LogP) is 4.62. The molecule has 1 fully saturated rings. The summed E-state index contributed by atoms with van der Waals surface area (Å²) in [5.41, 5.74) is -0.222. The van der Waals surface area contributed by atoms with Crippen LogP contribution in [0.15, 0.2) is 99.2 Å². The van der Waals surface area contributed by atoms with Crippen molar-refractivity contribution in [1.29, 1.82) is 0 Å². The molecule has 22 heteroatoms. The van der Waals surface area contributed by atoms with E-state index in [0.717, 1.165) is 21.4 Å². The fourth-order valence-electron chi connectivity index (χ4n) is 5.65. The van der Waals surface area contributed by atoms with Crippen LogP contribution in [0.4, 0.5) is 0 Å². The smallest absolute Gasteiger partial charge is 0.426 e. The van der Waals surface area contributed by atoms with Crippen LogP contribution in [-0.4, -0.2) is 66.3 Å². The number of para-hydroxylation sites is 1. The first-order valence-corrected chi connectivity index (χ1v) is 21.7. The van der Waals surface area contributed by atoms with Gasteiger partial charge in [0.05, 0.1) is 38.2 Å². The standard InChI is InChI=1S/C39H43N3O17P2/c1-23(2)37(46)55-27-13-9-25(10-14-27)20-53-61(51,54-21-26-11-15-28(16-12-26)56-38(47)24(3)4)59-60(49,50)52-22-32-34(44)35(45)36(57-32)41-18-17-33(43)42(39(41)48)19-30-29-7-5-6-8-31(29)58-40-30/h5-18,23-24,32,34-36,44-45H,19-22H2,1-4H3,(H,49,50)/t32-,34+,35+,36-/m1/s1. The number of aliphatic hydroxyl groups excluding tert-OH is 2. The number of rotatable bonds is 18. The molecular weight excluding hydrogens is 844 g/mol. The zero-order chi connectivity index (χ0) is 44.1. The molecule has 0 saturated carbocycles. The number of aromatic nitrogens is 3. The summed E-state index contributed by atoms with van der Waals surface area (Å²) in [4.78, 5) is 61.0. The van der Waals surface area contributed by atoms with Gasteiger partial charge in [0.25, 0.3) is 5.56 Å². The second-order valence-electron chi connectivity index (χ2n) is 14.4. The number of aliphatic hydroxyl groups is 2. The lowest BCUT2D eigenvalue weighted by Crippen LogP contribution is -2.43. The van der Waals surface area contributed by atoms with Crippen molar-refractivity contribution in [2.45, 2.75) is 72.0 Å². The number of fused-ring (bicyclic) bond motifs is 1. The molecule has 1 saturated heterocycles. The van der Waals surface area contributed by atoms with Gasteiger partial charge in [0.2, 0.25) is 0 Å². The van der Waals surface area contributed by atoms with Gasteiger partial charge in [-0.25, -0.2) is 13.9 Å². The number of carbonyl (C=O) groups excluding carboxylic acids is 2. The highest BCUT2D eigenvalue weighted by Gasteiger charge is 2.46. The molecule has 3 aromatic carbocycles. The van der Waals surface area contributed by atoms with E-state index in [0.29, 0.717) is 22.1 Å². The number of hydrogen-bond acceptors (Lipinski definition) is 17. The van der Waals surface area contributed by atoms with Crippen LogP contribution in [0.1, 0.15) is 50.7 Å². The van der Waals surface area contributed by atoms with E-state index in [2.05, 4.69) is 5.16 Å². The molecule has 0 amide bonds. The molecule has 0 radical (unpaired) electrons. The lowest BCUT2D eigenvalue weighted by atomic mass is 10.1. The second kappa shape index (κ2) is 19.3. The largest absolute Gasteiger partial charge is 0.484 e. The van der Waals surface area contributed by atoms with Crippen LogP contribution >= 0.6 is 15.6 Å². The van der Waals surface area contributed by atoms with E-state index in [1.54, 1.807) is 52.0 Å². The van der Waals surface area contributed by atoms with Gasteiger partial charge >= 0.3 is 33.3 Å². The zero-order valence-corrected chi connectivity index (χ0v) is 35.0. The van der Waals surface area contributed by atoms with Gasteiger partial charge in [0, 0.05) is 17.6 Å². The number of hydrogen-bond donors (Lipinski definition) is 3. The van der Waals surface area contributed by atoms with E-state index in [9.17, 15) is 43.4 Å². The number of phosphoric ester groups is 2. The maximum absolute atomic E-state index is 14.0. The Kier molecular flexibility index (Phi) is 14.4. The summed E-state index contributed by atoms with van der Waals surface area (Å²) in [5, 5.41) is 26.2. The molecule has 3 N–H and O–H groups in total. The average Bonchev–Trinajstić information content (AvgIpc) is 3.76. The van der Waals surface area contributed by atoms with Crippen molar-refractivity contribution >= 4 is 38.6 Å². The molecule has 0 bridgehead atoms. The quantitative estimate of drug-likeness (QED) is 0.0616. The van der Waals surface area contributed by atoms with Gasteiger partial charge in [-0.2, -0.15) is 4.31 Å². The van der Waals surface area contributed by atoms with Crippen LogP contribution < -0.4 is 20.7 Å². The molecule has 5 aromatic rings. The topological polar surface area (TPSA) is 264 Å². The molecule has 61 heavy (non-hydrogen) atoms. The minimum Gasteiger partial charge on any atom is -0.426 e. The minimum atomic E-state index is -5.42. The van der Waals surface area contributed by atoms with Crippen molar-refractivity contribution in [1.82, 2.24) is 14.3 Å². The molecule has 1 aliphatic rings. The third-order valence-electron chi connectivity index (χ3n) is 9.08. The summed E-state index contributed by atoms with van der Waals surface area (Å²) >= 11 is 0. The Balaban J connectivity index is 1.14. The molecule has 3 heterocycles. The monoisotopic (exact) mass is 887 g/mol. The highest BCUT2D eigenvalue weighted by Crippen LogP contribution is 2.64. The lowest BCUT2D eigenvalue weighted by Gasteiger charge is -2.22. The van der Waals surface area contributed by atoms with Gasteiger partial charge in [0.1, 0.15) is 35.5 Å². The average molecular weight is 888 g/mol. The third-order valence-corrected chi connectivity index (χ3v) is 12.1. The Morgan fingerprint density at radius 3 is 1.90 bits per heavy atom. The Morgan fingerprint density at radius 1 is 0.787 bits per heavy atom. The van der Waals surface area contributed by atoms with Crippen molar-refractivity contribution in [3.63, 3.8) is 0 Å². The van der Waals surface area contributed by atoms with Gasteiger partial charge in [-0.15, -0.1) is 0 Å². The van der Waals surface area contributed by atoms with Gasteiger partial charge in [-0.05, 0) is 47.5 Å². The molecule has 0 unspecified atom stereocenters. The number of carbonyl (C=O) groups is 2. The van der Waals surface area contributed by atoms with Crippen LogP contribution in [0.25, 0.3) is 11.0 Å². The number of ether oxygens (including phenoxy) is 3. The van der Waals surface area contributed by atoms with E-state index in [4.69, 9.17) is 36.6 Å². The number of benzene rings is 3. The number of nitrogens with zero attached hydrogens (tertiary/aromatic N) is 3. The highest BCUT2D eigenvalue weighted by atomic mass is 31.3. The van der Waals surface area contributed by atoms with Crippen LogP contribution in [0.3, 0.4) is 0 Å². The summed E-state index contributed by atoms with van der Waals surface area (Å²) in [6, 6.07) is 19.6. The van der Waals surface area contributed by atoms with Gasteiger partial charge in [0.15, 0.2) is 11.8 Å². The zero-order valence-electron chi connectivity index (χ0n) is 33.2. The second-order valence-corrected chi connectivity index (χ2v) is 17.6. The van der Waals surface area contributed by atoms with Crippen molar-refractivity contribution in [3.8, 4) is 11.5 Å². The predicted molar refractivity (Wildman–Crippen MR) is 212 cm³/mol. The normalized spacial score (nSPS) is 19.0. The van der Waals surface area contributed by atoms with Gasteiger partial charge < -0.3 is 33.8 Å². The number of esters is 2. The van der Waals surface area contributed by atoms with Crippen molar-refractivity contribution in [3.05, 3.63) is 123 Å². The van der Waals surface area contributed by atoms with E-state index < -0.39 is 83.2 Å². The highest BCUT2D eigenvalue weighted by molar-refractivity contribution is 7.61. The van der Waals surface area contributed by atoms with Crippen molar-refractivity contribution in [2.75, 3.05) is 6.61 Å². The van der Waals surface area contributed by atoms with Crippen LogP contribution in [0.2, 0.25) is 0 Å². The summed E-state index contributed by atoms with van der Waals surface area (Å²) in [7, 11) is -10.4. The van der Waals surface area contributed by atoms with E-state index in [-0.39, 0.29) is 35.6 Å². The molecule has 0 spiro atoms. The molecule has 6 rings (SSSR count). The maximum atomic E-state index is 14.0. The summed E-state index contributed by atoms with van der Waals surface area (Å²) in [6.07, 6.45) is -5.73. The van der Waals surface area contributed by atoms with Crippen molar-refractivity contribution in [2.24, 2.45) is 11.8 Å². The van der Waals surface area contributed by atoms with Gasteiger partial charge in [-0.3, -0.25) is 37.1 Å². The Morgan fingerprint density at radius 2 is 1.34 bits per heavy atom. The first-order valence-electron chi connectivity index (χ1n) is 18.8. The van der Waals surface area contributed by atoms with Crippen LogP contribution in [0, 0.1) is 11.8 Å². The SMILES string of the molecule is CC(C)C(=O)Oc1ccc(COP(=O)(OCc2ccc(OC(=O)C(C)C)cc2)O[P@](=O)(O)OC[C@H]2O[C@@H](n3ccc(=O)n(Cc4noc5ccccc45)c3=O)[C@@H](O)[C@H]2O)cc1. The van der Waals surface area contributed by atoms with Gasteiger partial charge in [-0.1, -0.05) is 69.2 Å². The Hall–Kier alpha value is -5.11. The molecular formula is C39H43N3O17P2. The first kappa shape index (κ1) is 45.4. The minimum absolute atomic E-state index is 0.226. The van der Waals surface area contributed by atoms with E-state index in [1.807, 2.05) is 0 Å². The Labute approximate surface area is 347 Å². The van der Waals surface area contributed by atoms with E-state index in [1.165, 1.54) is 48.5 Å². The molecule has 2 aromatic heterocycles. The molecule has 0 aliphatic carbocycles. The summed E-state index contributed by atoms with van der Waals surface area (Å²) < 4.78 is 71.3. The Bertz CT molecular complexity index is 2480. The summed E-state index contributed by atoms with van der Waals surface area (Å²) in [5.74, 6) is -1.24. The summed E-state index contributed by atoms with van der Waals surface area (Å²) in [6.45, 7) is 4.42. The fraction of sp³-hybridized carbons (Fsp3) is 0.359. The first-order chi connectivity index (χ1) is 28.9. The lowest BCUT2D eigenvalue weighted by molar-refractivity contribution is -0.138. The van der Waals surface area contributed by atoms with Crippen molar-refractivity contribution < 1.29 is 70.4 Å². The van der Waals surface area contributed by atoms with E-state index >= 15 is 0 Å². The third kappa shape index (κ3) is 11.4. The maximum Gasteiger partial charge on any atom is 0.484 e. The molecule has 326 valence electrons. The molecule has 5 atom stereocenters. The fourth-order valence-corrected chi connectivity index (χ4v) is 8.25.